The van der Waals surface area contributed by atoms with Gasteiger partial charge in [0.15, 0.2) is 11.3 Å². The van der Waals surface area contributed by atoms with E-state index in [4.69, 9.17) is 9.72 Å². The van der Waals surface area contributed by atoms with Crippen LogP contribution >= 0.6 is 0 Å². The maximum atomic E-state index is 14.3. The van der Waals surface area contributed by atoms with Crippen molar-refractivity contribution >= 4 is 45.9 Å². The second kappa shape index (κ2) is 17.2. The number of rotatable bonds is 12. The van der Waals surface area contributed by atoms with E-state index in [1.165, 1.54) is 10.7 Å². The van der Waals surface area contributed by atoms with Crippen LogP contribution in [-0.2, 0) is 27.8 Å². The zero-order valence-corrected chi connectivity index (χ0v) is 35.6. The predicted molar refractivity (Wildman–Crippen MR) is 230 cm³/mol. The van der Waals surface area contributed by atoms with Gasteiger partial charge in [-0.05, 0) is 113 Å². The van der Waals surface area contributed by atoms with E-state index < -0.39 is 30.0 Å². The fourth-order valence-corrected chi connectivity index (χ4v) is 11.0. The number of ether oxygens (including phenoxy) is 1. The highest BCUT2D eigenvalue weighted by Gasteiger charge is 2.36. The molecule has 5 fully saturated rings. The van der Waals surface area contributed by atoms with Crippen molar-refractivity contribution < 1.29 is 27.9 Å². The summed E-state index contributed by atoms with van der Waals surface area (Å²) in [6.07, 6.45) is 13.7. The van der Waals surface area contributed by atoms with Crippen LogP contribution in [0.15, 0.2) is 47.7 Å². The highest BCUT2D eigenvalue weighted by molar-refractivity contribution is 6.08. The minimum atomic E-state index is -2.85. The number of nitrogens with zero attached hydrogens (tertiary/aromatic N) is 9. The number of hydrogen-bond acceptors (Lipinski definition) is 10. The number of carbonyl (C=O) groups is 3. The molecule has 5 aliphatic rings. The van der Waals surface area contributed by atoms with E-state index in [0.29, 0.717) is 23.9 Å². The average molecular weight is 868 g/mol. The molecule has 2 bridgehead atoms. The van der Waals surface area contributed by atoms with Gasteiger partial charge in [0.25, 0.3) is 12.3 Å². The second-order valence-electron chi connectivity index (χ2n) is 18.4. The summed E-state index contributed by atoms with van der Waals surface area (Å²) in [6, 6.07) is 7.06. The van der Waals surface area contributed by atoms with Gasteiger partial charge in [-0.15, -0.1) is 0 Å². The van der Waals surface area contributed by atoms with E-state index in [1.54, 1.807) is 33.3 Å². The maximum Gasteiger partial charge on any atom is 0.329 e. The number of imide groups is 1. The van der Waals surface area contributed by atoms with Crippen LogP contribution in [0.5, 0.6) is 0 Å². The number of alkyl halides is 2. The molecule has 0 spiro atoms. The lowest BCUT2D eigenvalue weighted by molar-refractivity contribution is -0.135. The SMILES string of the molecule is Cn1c(=O)n(C2CCC(=O)NC2=O)c2cccc(CCCC3CCN(CC4CCC(n5cc(NC(=O)c6cnn7ccc(N8C[C@H]9CC[C@@H](C8)O9)nc67)c(C(F)F)n5)CC4)CC3)c21. The van der Waals surface area contributed by atoms with Gasteiger partial charge in [0.05, 0.1) is 41.2 Å². The van der Waals surface area contributed by atoms with Crippen molar-refractivity contribution in [1.29, 1.82) is 0 Å². The Balaban J connectivity index is 0.699. The number of piperidine rings is 2. The number of aromatic nitrogens is 7. The van der Waals surface area contributed by atoms with Gasteiger partial charge in [-0.2, -0.15) is 10.2 Å². The van der Waals surface area contributed by atoms with Gasteiger partial charge in [0, 0.05) is 45.5 Å². The van der Waals surface area contributed by atoms with Crippen LogP contribution in [0, 0.1) is 11.8 Å². The Hall–Kier alpha value is -5.49. The monoisotopic (exact) mass is 867 g/mol. The number of para-hydroxylation sites is 1. The first-order valence-electron chi connectivity index (χ1n) is 22.7. The van der Waals surface area contributed by atoms with Crippen LogP contribution in [-0.4, -0.2) is 101 Å². The summed E-state index contributed by atoms with van der Waals surface area (Å²) in [5.41, 5.74) is 2.57. The molecule has 4 saturated heterocycles. The first-order chi connectivity index (χ1) is 30.6. The Labute approximate surface area is 362 Å². The van der Waals surface area contributed by atoms with Gasteiger partial charge in [0.2, 0.25) is 11.8 Å². The van der Waals surface area contributed by atoms with Gasteiger partial charge < -0.3 is 19.9 Å². The predicted octanol–water partition coefficient (Wildman–Crippen LogP) is 5.58. The van der Waals surface area contributed by atoms with Crippen molar-refractivity contribution in [2.45, 2.75) is 114 Å². The van der Waals surface area contributed by atoms with Crippen molar-refractivity contribution in [3.05, 3.63) is 70.2 Å². The molecular weight excluding hydrogens is 813 g/mol. The number of morpholine rings is 1. The molecule has 1 aliphatic carbocycles. The summed E-state index contributed by atoms with van der Waals surface area (Å²) in [7, 11) is 1.75. The van der Waals surface area contributed by atoms with E-state index in [9.17, 15) is 28.0 Å². The average Bonchev–Trinajstić information content (AvgIpc) is 4.05. The van der Waals surface area contributed by atoms with E-state index >= 15 is 0 Å². The Morgan fingerprint density at radius 1 is 0.968 bits per heavy atom. The molecule has 1 unspecified atom stereocenters. The second-order valence-corrected chi connectivity index (χ2v) is 18.4. The van der Waals surface area contributed by atoms with Gasteiger partial charge in [-0.1, -0.05) is 18.6 Å². The van der Waals surface area contributed by atoms with Crippen LogP contribution < -0.4 is 21.2 Å². The quantitative estimate of drug-likeness (QED) is 0.151. The van der Waals surface area contributed by atoms with E-state index in [-0.39, 0.29) is 47.5 Å². The van der Waals surface area contributed by atoms with Crippen molar-refractivity contribution in [2.75, 3.05) is 42.9 Å². The molecule has 8 heterocycles. The molecule has 63 heavy (non-hydrogen) atoms. The van der Waals surface area contributed by atoms with Crippen molar-refractivity contribution in [3.8, 4) is 0 Å². The fraction of sp³-hybridized carbons (Fsp3) is 0.578. The Morgan fingerprint density at radius 3 is 2.49 bits per heavy atom. The minimum Gasteiger partial charge on any atom is -0.371 e. The molecule has 334 valence electrons. The topological polar surface area (TPSA) is 166 Å². The molecule has 1 saturated carbocycles. The number of nitrogens with one attached hydrogen (secondary N) is 2. The van der Waals surface area contributed by atoms with Crippen molar-refractivity contribution in [3.63, 3.8) is 0 Å². The Morgan fingerprint density at radius 2 is 1.75 bits per heavy atom. The van der Waals surface area contributed by atoms with Crippen LogP contribution in [0.2, 0.25) is 0 Å². The molecular formula is C45H55F2N11O5. The van der Waals surface area contributed by atoms with Gasteiger partial charge >= 0.3 is 5.69 Å². The number of carbonyl (C=O) groups excluding carboxylic acids is 3. The number of imidazole rings is 1. The number of amides is 3. The van der Waals surface area contributed by atoms with Crippen LogP contribution in [0.4, 0.5) is 20.3 Å². The molecule has 16 nitrogen and oxygen atoms in total. The van der Waals surface area contributed by atoms with Crippen LogP contribution in [0.3, 0.4) is 0 Å². The lowest BCUT2D eigenvalue weighted by Crippen LogP contribution is -2.44. The van der Waals surface area contributed by atoms with Crippen LogP contribution in [0.25, 0.3) is 16.7 Å². The van der Waals surface area contributed by atoms with E-state index in [2.05, 4.69) is 36.7 Å². The highest BCUT2D eigenvalue weighted by Crippen LogP contribution is 2.37. The Kier molecular flexibility index (Phi) is 11.4. The smallest absolute Gasteiger partial charge is 0.329 e. The normalized spacial score (nSPS) is 24.8. The number of hydrogen-bond donors (Lipinski definition) is 2. The molecule has 5 aromatic rings. The number of likely N-dealkylation sites (tertiary alicyclic amines) is 1. The van der Waals surface area contributed by atoms with Crippen LogP contribution in [0.1, 0.15) is 117 Å². The van der Waals surface area contributed by atoms with Gasteiger partial charge in [-0.3, -0.25) is 33.5 Å². The summed E-state index contributed by atoms with van der Waals surface area (Å²) in [6.45, 7) is 4.61. The molecule has 0 radical (unpaired) electrons. The molecule has 3 atom stereocenters. The first-order valence-corrected chi connectivity index (χ1v) is 22.7. The van der Waals surface area contributed by atoms with Crippen molar-refractivity contribution in [1.82, 2.24) is 43.7 Å². The number of halogens is 2. The largest absolute Gasteiger partial charge is 0.371 e. The van der Waals surface area contributed by atoms with Crippen molar-refractivity contribution in [2.24, 2.45) is 18.9 Å². The summed E-state index contributed by atoms with van der Waals surface area (Å²) >= 11 is 0. The molecule has 2 N–H and O–H groups in total. The third-order valence-electron chi connectivity index (χ3n) is 14.4. The van der Waals surface area contributed by atoms with Gasteiger partial charge in [0.1, 0.15) is 17.4 Å². The molecule has 10 rings (SSSR count). The molecule has 4 aliphatic heterocycles. The maximum absolute atomic E-state index is 14.3. The number of aryl methyl sites for hydroxylation is 2. The Bertz CT molecular complexity index is 2570. The molecule has 18 heteroatoms. The fourth-order valence-electron chi connectivity index (χ4n) is 11.0. The number of anilines is 2. The molecule has 1 aromatic carbocycles. The zero-order chi connectivity index (χ0) is 43.4. The lowest BCUT2D eigenvalue weighted by Gasteiger charge is -2.36. The molecule has 4 aromatic heterocycles. The number of fused-ring (bicyclic) bond motifs is 4. The minimum absolute atomic E-state index is 0.00629. The van der Waals surface area contributed by atoms with E-state index in [1.807, 2.05) is 18.2 Å². The lowest BCUT2D eigenvalue weighted by atomic mass is 9.84. The summed E-state index contributed by atoms with van der Waals surface area (Å²) in [4.78, 5) is 60.8. The standard InChI is InChI=1S/C45H55F2N11O5/c1-53-40-29(6-3-7-35(40)58(45(53)62)36-14-15-38(59)51-44(36)61)5-2-4-27-16-19-54(20-17-27)23-28-8-10-30(11-9-28)57-26-34(39(52-57)41(46)47)49-43(60)33-22-48-56-21-18-37(50-42(33)56)55-24-31-12-13-32(25-55)63-31/h3,6-7,18,21-22,26-28,30-32,36,41H,2,4-5,8-17,19-20,23-25H2,1H3,(H,49,60)(H,51,59,61)/t28?,30?,31-,32+,36?. The zero-order valence-electron chi connectivity index (χ0n) is 35.6. The summed E-state index contributed by atoms with van der Waals surface area (Å²) in [5.74, 6) is 0.613. The van der Waals surface area contributed by atoms with E-state index in [0.717, 1.165) is 126 Å². The van der Waals surface area contributed by atoms with Gasteiger partial charge in [-0.25, -0.2) is 23.1 Å². The first kappa shape index (κ1) is 41.5. The summed E-state index contributed by atoms with van der Waals surface area (Å²) in [5, 5.41) is 13.7. The molecule has 3 amide bonds. The third kappa shape index (κ3) is 8.27. The summed E-state index contributed by atoms with van der Waals surface area (Å²) < 4.78 is 41.0. The highest BCUT2D eigenvalue weighted by atomic mass is 19.3. The number of benzene rings is 1. The third-order valence-corrected chi connectivity index (χ3v) is 14.4.